The fraction of sp³-hybridized carbons (Fsp3) is 0.304. The van der Waals surface area contributed by atoms with Gasteiger partial charge < -0.3 is 10.6 Å². The Hall–Kier alpha value is -3.26. The van der Waals surface area contributed by atoms with E-state index in [2.05, 4.69) is 15.6 Å². The van der Waals surface area contributed by atoms with Crippen molar-refractivity contribution in [3.05, 3.63) is 69.4 Å². The zero-order valence-corrected chi connectivity index (χ0v) is 18.6. The number of aromatic nitrogens is 2. The first-order chi connectivity index (χ1) is 15.2. The number of nitrogens with zero attached hydrogens (tertiary/aromatic N) is 2. The Kier molecular flexibility index (Phi) is 7.58. The molecule has 0 radical (unpaired) electrons. The Bertz CT molecular complexity index is 1210. The second-order valence-corrected chi connectivity index (χ2v) is 8.25. The second kappa shape index (κ2) is 10.4. The Morgan fingerprint density at radius 1 is 1.16 bits per heavy atom. The minimum atomic E-state index is -0.675. The van der Waals surface area contributed by atoms with E-state index < -0.39 is 17.3 Å². The molecule has 0 fully saturated rings. The van der Waals surface area contributed by atoms with Crippen LogP contribution in [0.3, 0.4) is 0 Å². The molecule has 2 amide bonds. The zero-order valence-electron chi connectivity index (χ0n) is 17.8. The summed E-state index contributed by atoms with van der Waals surface area (Å²) in [5.74, 6) is -1.11. The summed E-state index contributed by atoms with van der Waals surface area (Å²) in [6, 6.07) is 10.8. The maximum Gasteiger partial charge on any atom is 0.273 e. The SMILES string of the molecule is CC(C)CNC(=O)CCc1nc2ccccc2n(CC(=O)Nc2ccc(Cl)cc2F)c1=O. The number of amides is 2. The smallest absolute Gasteiger partial charge is 0.273 e. The van der Waals surface area contributed by atoms with Gasteiger partial charge in [-0.2, -0.15) is 0 Å². The summed E-state index contributed by atoms with van der Waals surface area (Å²) >= 11 is 5.74. The van der Waals surface area contributed by atoms with Crippen molar-refractivity contribution in [3.63, 3.8) is 0 Å². The number of hydrogen-bond donors (Lipinski definition) is 2. The van der Waals surface area contributed by atoms with Gasteiger partial charge in [-0.1, -0.05) is 37.6 Å². The standard InChI is InChI=1S/C23H24ClFN4O3/c1-14(2)12-26-21(30)10-9-19-23(32)29(20-6-4-3-5-18(20)27-19)13-22(31)28-17-8-7-15(24)11-16(17)25/h3-8,11,14H,9-10,12-13H2,1-2H3,(H,26,30)(H,28,31). The monoisotopic (exact) mass is 458 g/mol. The molecular weight excluding hydrogens is 435 g/mol. The summed E-state index contributed by atoms with van der Waals surface area (Å²) in [6.45, 7) is 4.20. The lowest BCUT2D eigenvalue weighted by Gasteiger charge is -2.13. The predicted molar refractivity (Wildman–Crippen MR) is 122 cm³/mol. The maximum atomic E-state index is 14.0. The van der Waals surface area contributed by atoms with Gasteiger partial charge in [-0.15, -0.1) is 0 Å². The Balaban J connectivity index is 1.83. The van der Waals surface area contributed by atoms with Gasteiger partial charge in [-0.05, 0) is 36.2 Å². The number of anilines is 1. The van der Waals surface area contributed by atoms with E-state index >= 15 is 0 Å². The Morgan fingerprint density at radius 3 is 2.62 bits per heavy atom. The van der Waals surface area contributed by atoms with Crippen LogP contribution in [0.1, 0.15) is 26.0 Å². The summed E-state index contributed by atoms with van der Waals surface area (Å²) in [5, 5.41) is 5.47. The van der Waals surface area contributed by atoms with Crippen LogP contribution in [0.5, 0.6) is 0 Å². The van der Waals surface area contributed by atoms with Crippen LogP contribution < -0.4 is 16.2 Å². The van der Waals surface area contributed by atoms with Gasteiger partial charge in [0.2, 0.25) is 11.8 Å². The van der Waals surface area contributed by atoms with Crippen molar-refractivity contribution in [1.82, 2.24) is 14.9 Å². The lowest BCUT2D eigenvalue weighted by molar-refractivity contribution is -0.121. The van der Waals surface area contributed by atoms with Crippen molar-refractivity contribution in [2.24, 2.45) is 5.92 Å². The first kappa shape index (κ1) is 23.4. The van der Waals surface area contributed by atoms with Gasteiger partial charge in [-0.25, -0.2) is 9.37 Å². The third-order valence-electron chi connectivity index (χ3n) is 4.72. The fourth-order valence-corrected chi connectivity index (χ4v) is 3.29. The number of para-hydroxylation sites is 2. The molecule has 32 heavy (non-hydrogen) atoms. The zero-order chi connectivity index (χ0) is 23.3. The Labute approximate surface area is 189 Å². The van der Waals surface area contributed by atoms with E-state index in [4.69, 9.17) is 11.6 Å². The van der Waals surface area contributed by atoms with Crippen molar-refractivity contribution in [2.45, 2.75) is 33.2 Å². The van der Waals surface area contributed by atoms with Crippen LogP contribution in [-0.2, 0) is 22.6 Å². The minimum Gasteiger partial charge on any atom is -0.356 e. The number of carbonyl (C=O) groups is 2. The molecular formula is C23H24ClFN4O3. The molecule has 1 heterocycles. The van der Waals surface area contributed by atoms with Crippen molar-refractivity contribution in [3.8, 4) is 0 Å². The van der Waals surface area contributed by atoms with Gasteiger partial charge in [-0.3, -0.25) is 19.0 Å². The highest BCUT2D eigenvalue weighted by atomic mass is 35.5. The van der Waals surface area contributed by atoms with Gasteiger partial charge in [0.15, 0.2) is 0 Å². The average Bonchev–Trinajstić information content (AvgIpc) is 2.75. The van der Waals surface area contributed by atoms with Crippen LogP contribution >= 0.6 is 11.6 Å². The van der Waals surface area contributed by atoms with Crippen LogP contribution in [0.25, 0.3) is 11.0 Å². The fourth-order valence-electron chi connectivity index (χ4n) is 3.13. The lowest BCUT2D eigenvalue weighted by atomic mass is 10.2. The van der Waals surface area contributed by atoms with Crippen molar-refractivity contribution >= 4 is 40.1 Å². The molecule has 1 aromatic heterocycles. The molecule has 168 valence electrons. The van der Waals surface area contributed by atoms with Crippen molar-refractivity contribution in [1.29, 1.82) is 0 Å². The lowest BCUT2D eigenvalue weighted by Crippen LogP contribution is -2.32. The number of hydrogen-bond acceptors (Lipinski definition) is 4. The average molecular weight is 459 g/mol. The number of rotatable bonds is 8. The summed E-state index contributed by atoms with van der Waals surface area (Å²) < 4.78 is 15.3. The first-order valence-corrected chi connectivity index (χ1v) is 10.6. The molecule has 3 aromatic rings. The van der Waals surface area contributed by atoms with Gasteiger partial charge in [0, 0.05) is 24.4 Å². The number of fused-ring (bicyclic) bond motifs is 1. The highest BCUT2D eigenvalue weighted by Gasteiger charge is 2.16. The number of benzene rings is 2. The molecule has 0 unspecified atom stereocenters. The van der Waals surface area contributed by atoms with Crippen LogP contribution in [0, 0.1) is 11.7 Å². The molecule has 2 N–H and O–H groups in total. The number of nitrogens with one attached hydrogen (secondary N) is 2. The molecule has 0 bridgehead atoms. The van der Waals surface area contributed by atoms with Crippen molar-refractivity contribution in [2.75, 3.05) is 11.9 Å². The molecule has 0 aliphatic heterocycles. The van der Waals surface area contributed by atoms with E-state index in [1.165, 1.54) is 16.7 Å². The van der Waals surface area contributed by atoms with Gasteiger partial charge in [0.25, 0.3) is 5.56 Å². The third-order valence-corrected chi connectivity index (χ3v) is 4.96. The van der Waals surface area contributed by atoms with E-state index in [9.17, 15) is 18.8 Å². The molecule has 3 rings (SSSR count). The molecule has 0 saturated carbocycles. The molecule has 0 saturated heterocycles. The van der Waals surface area contributed by atoms with Gasteiger partial charge >= 0.3 is 0 Å². The number of aryl methyl sites for hydroxylation is 1. The summed E-state index contributed by atoms with van der Waals surface area (Å²) in [5.41, 5.74) is 0.682. The van der Waals surface area contributed by atoms with E-state index in [-0.39, 0.29) is 41.7 Å². The third kappa shape index (κ3) is 5.91. The Morgan fingerprint density at radius 2 is 1.91 bits per heavy atom. The summed E-state index contributed by atoms with van der Waals surface area (Å²) in [7, 11) is 0. The normalized spacial score (nSPS) is 11.0. The van der Waals surface area contributed by atoms with Crippen LogP contribution in [0.2, 0.25) is 5.02 Å². The van der Waals surface area contributed by atoms with Crippen LogP contribution in [0.4, 0.5) is 10.1 Å². The van der Waals surface area contributed by atoms with E-state index in [1.54, 1.807) is 24.3 Å². The van der Waals surface area contributed by atoms with E-state index in [1.807, 2.05) is 13.8 Å². The molecule has 0 aliphatic rings. The van der Waals surface area contributed by atoms with E-state index in [0.717, 1.165) is 6.07 Å². The topological polar surface area (TPSA) is 93.1 Å². The summed E-state index contributed by atoms with van der Waals surface area (Å²) in [6.07, 6.45) is 0.247. The largest absolute Gasteiger partial charge is 0.356 e. The van der Waals surface area contributed by atoms with Crippen LogP contribution in [0.15, 0.2) is 47.3 Å². The van der Waals surface area contributed by atoms with Gasteiger partial charge in [0.1, 0.15) is 18.1 Å². The minimum absolute atomic E-state index is 0.0344. The predicted octanol–water partition coefficient (Wildman–Crippen LogP) is 3.53. The molecule has 9 heteroatoms. The molecule has 7 nitrogen and oxygen atoms in total. The van der Waals surface area contributed by atoms with Gasteiger partial charge in [0.05, 0.1) is 16.7 Å². The van der Waals surface area contributed by atoms with Crippen molar-refractivity contribution < 1.29 is 14.0 Å². The summed E-state index contributed by atoms with van der Waals surface area (Å²) in [4.78, 5) is 42.1. The maximum absolute atomic E-state index is 14.0. The first-order valence-electron chi connectivity index (χ1n) is 10.2. The molecule has 0 atom stereocenters. The number of halogens is 2. The molecule has 0 spiro atoms. The highest BCUT2D eigenvalue weighted by molar-refractivity contribution is 6.30. The van der Waals surface area contributed by atoms with E-state index in [0.29, 0.717) is 23.5 Å². The quantitative estimate of drug-likeness (QED) is 0.540. The molecule has 0 aliphatic carbocycles. The van der Waals surface area contributed by atoms with Crippen LogP contribution in [-0.4, -0.2) is 27.9 Å². The number of carbonyl (C=O) groups excluding carboxylic acids is 2. The second-order valence-electron chi connectivity index (χ2n) is 7.81. The highest BCUT2D eigenvalue weighted by Crippen LogP contribution is 2.19. The molecule has 2 aromatic carbocycles.